The number of thioether (sulfide) groups is 1. The third-order valence-corrected chi connectivity index (χ3v) is 5.51. The first-order valence-corrected chi connectivity index (χ1v) is 9.11. The molecule has 0 radical (unpaired) electrons. The SMILES string of the molecule is COc1cc(N2Cc3ccccc3C2)ccc1/C=C1\SC(=S)NC1=O. The van der Waals surface area contributed by atoms with Gasteiger partial charge in [-0.05, 0) is 29.3 Å². The van der Waals surface area contributed by atoms with Gasteiger partial charge in [-0.3, -0.25) is 4.79 Å². The largest absolute Gasteiger partial charge is 0.496 e. The maximum Gasteiger partial charge on any atom is 0.263 e. The standard InChI is InChI=1S/C19H16N2O2S2/c1-23-16-9-15(21-10-13-4-2-3-5-14(13)11-21)7-6-12(16)8-17-18(22)20-19(24)25-17/h2-9H,10-11H2,1H3,(H,20,22,24)/b17-8-. The summed E-state index contributed by atoms with van der Waals surface area (Å²) >= 11 is 6.31. The van der Waals surface area contributed by atoms with Crippen LogP contribution in [0, 0.1) is 0 Å². The molecule has 0 aromatic heterocycles. The van der Waals surface area contributed by atoms with Crippen LogP contribution in [0.25, 0.3) is 6.08 Å². The molecule has 1 N–H and O–H groups in total. The number of benzene rings is 2. The van der Waals surface area contributed by atoms with Gasteiger partial charge in [-0.2, -0.15) is 0 Å². The number of carbonyl (C=O) groups excluding carboxylic acids is 1. The molecule has 2 aliphatic heterocycles. The van der Waals surface area contributed by atoms with Gasteiger partial charge in [0.1, 0.15) is 10.1 Å². The van der Waals surface area contributed by atoms with E-state index >= 15 is 0 Å². The van der Waals surface area contributed by atoms with Crippen LogP contribution in [-0.2, 0) is 17.9 Å². The summed E-state index contributed by atoms with van der Waals surface area (Å²) < 4.78 is 6.04. The van der Waals surface area contributed by atoms with Gasteiger partial charge in [0.15, 0.2) is 0 Å². The Hall–Kier alpha value is -2.31. The number of thiocarbonyl (C=S) groups is 1. The molecule has 0 saturated carbocycles. The lowest BCUT2D eigenvalue weighted by Crippen LogP contribution is -2.17. The summed E-state index contributed by atoms with van der Waals surface area (Å²) in [6, 6.07) is 14.6. The molecule has 126 valence electrons. The molecule has 25 heavy (non-hydrogen) atoms. The predicted molar refractivity (Wildman–Crippen MR) is 106 cm³/mol. The Bertz CT molecular complexity index is 883. The lowest BCUT2D eigenvalue weighted by molar-refractivity contribution is -0.115. The molecule has 6 heteroatoms. The number of carbonyl (C=O) groups is 1. The van der Waals surface area contributed by atoms with Crippen molar-refractivity contribution in [2.75, 3.05) is 12.0 Å². The van der Waals surface area contributed by atoms with Gasteiger partial charge in [0, 0.05) is 30.4 Å². The molecule has 0 unspecified atom stereocenters. The highest BCUT2D eigenvalue weighted by Crippen LogP contribution is 2.34. The molecule has 2 aromatic carbocycles. The van der Waals surface area contributed by atoms with Gasteiger partial charge in [0.2, 0.25) is 0 Å². The van der Waals surface area contributed by atoms with Crippen molar-refractivity contribution < 1.29 is 9.53 Å². The Labute approximate surface area is 155 Å². The van der Waals surface area contributed by atoms with E-state index in [0.717, 1.165) is 30.1 Å². The van der Waals surface area contributed by atoms with Crippen molar-refractivity contribution in [3.8, 4) is 5.75 Å². The van der Waals surface area contributed by atoms with Gasteiger partial charge in [0.25, 0.3) is 5.91 Å². The van der Waals surface area contributed by atoms with Crippen LogP contribution in [0.1, 0.15) is 16.7 Å². The third kappa shape index (κ3) is 3.15. The van der Waals surface area contributed by atoms with Crippen molar-refractivity contribution >= 4 is 46.0 Å². The van der Waals surface area contributed by atoms with E-state index in [9.17, 15) is 4.79 Å². The number of amides is 1. The molecule has 2 aliphatic rings. The average molecular weight is 368 g/mol. The summed E-state index contributed by atoms with van der Waals surface area (Å²) in [5.41, 5.74) is 4.69. The van der Waals surface area contributed by atoms with Crippen LogP contribution in [0.2, 0.25) is 0 Å². The second kappa shape index (κ2) is 6.54. The predicted octanol–water partition coefficient (Wildman–Crippen LogP) is 3.70. The molecule has 0 atom stereocenters. The second-order valence-electron chi connectivity index (χ2n) is 5.90. The van der Waals surface area contributed by atoms with Crippen LogP contribution < -0.4 is 15.0 Å². The Morgan fingerprint density at radius 3 is 2.52 bits per heavy atom. The van der Waals surface area contributed by atoms with Gasteiger partial charge in [0.05, 0.1) is 12.0 Å². The minimum atomic E-state index is -0.156. The van der Waals surface area contributed by atoms with Gasteiger partial charge >= 0.3 is 0 Å². The first kappa shape index (κ1) is 16.2. The number of hydrogen-bond donors (Lipinski definition) is 1. The number of nitrogens with zero attached hydrogens (tertiary/aromatic N) is 1. The minimum Gasteiger partial charge on any atom is -0.496 e. The first-order chi connectivity index (χ1) is 12.1. The Kier molecular flexibility index (Phi) is 4.23. The summed E-state index contributed by atoms with van der Waals surface area (Å²) in [7, 11) is 1.65. The quantitative estimate of drug-likeness (QED) is 0.661. The average Bonchev–Trinajstić information content (AvgIpc) is 3.18. The maximum absolute atomic E-state index is 11.9. The van der Waals surface area contributed by atoms with Crippen LogP contribution >= 0.6 is 24.0 Å². The van der Waals surface area contributed by atoms with Gasteiger partial charge < -0.3 is 15.0 Å². The number of anilines is 1. The fraction of sp³-hybridized carbons (Fsp3) is 0.158. The van der Waals surface area contributed by atoms with E-state index in [1.165, 1.54) is 22.9 Å². The number of ether oxygens (including phenoxy) is 1. The Morgan fingerprint density at radius 1 is 1.20 bits per heavy atom. The summed E-state index contributed by atoms with van der Waals surface area (Å²) in [4.78, 5) is 14.8. The molecular formula is C19H16N2O2S2. The van der Waals surface area contributed by atoms with Gasteiger partial charge in [-0.25, -0.2) is 0 Å². The molecular weight excluding hydrogens is 352 g/mol. The molecule has 1 saturated heterocycles. The highest BCUT2D eigenvalue weighted by molar-refractivity contribution is 8.26. The van der Waals surface area contributed by atoms with Crippen molar-refractivity contribution in [1.82, 2.24) is 5.32 Å². The highest BCUT2D eigenvalue weighted by Gasteiger charge is 2.23. The van der Waals surface area contributed by atoms with Crippen LogP contribution in [0.3, 0.4) is 0 Å². The monoisotopic (exact) mass is 368 g/mol. The van der Waals surface area contributed by atoms with E-state index < -0.39 is 0 Å². The van der Waals surface area contributed by atoms with Crippen molar-refractivity contribution in [3.05, 3.63) is 64.1 Å². The van der Waals surface area contributed by atoms with E-state index in [1.54, 1.807) is 7.11 Å². The molecule has 0 aliphatic carbocycles. The smallest absolute Gasteiger partial charge is 0.263 e. The number of hydrogen-bond acceptors (Lipinski definition) is 5. The van der Waals surface area contributed by atoms with E-state index in [2.05, 4.69) is 40.5 Å². The zero-order valence-corrected chi connectivity index (χ0v) is 15.2. The Balaban J connectivity index is 1.62. The van der Waals surface area contributed by atoms with Gasteiger partial charge in [-0.15, -0.1) is 0 Å². The molecule has 2 heterocycles. The highest BCUT2D eigenvalue weighted by atomic mass is 32.2. The number of fused-ring (bicyclic) bond motifs is 1. The number of methoxy groups -OCH3 is 1. The first-order valence-electron chi connectivity index (χ1n) is 7.88. The van der Waals surface area contributed by atoms with E-state index in [-0.39, 0.29) is 5.91 Å². The Morgan fingerprint density at radius 2 is 1.92 bits per heavy atom. The third-order valence-electron chi connectivity index (χ3n) is 4.35. The van der Waals surface area contributed by atoms with Crippen LogP contribution in [0.15, 0.2) is 47.4 Å². The normalized spacial score (nSPS) is 17.8. The number of rotatable bonds is 3. The zero-order chi connectivity index (χ0) is 17.4. The molecule has 4 rings (SSSR count). The molecule has 2 aromatic rings. The van der Waals surface area contributed by atoms with Crippen molar-refractivity contribution in [2.45, 2.75) is 13.1 Å². The molecule has 0 bridgehead atoms. The zero-order valence-electron chi connectivity index (χ0n) is 13.6. The van der Waals surface area contributed by atoms with Crippen LogP contribution in [0.5, 0.6) is 5.75 Å². The summed E-state index contributed by atoms with van der Waals surface area (Å²) in [5, 5.41) is 2.63. The minimum absolute atomic E-state index is 0.156. The fourth-order valence-electron chi connectivity index (χ4n) is 3.09. The van der Waals surface area contributed by atoms with E-state index in [0.29, 0.717) is 9.23 Å². The van der Waals surface area contributed by atoms with Gasteiger partial charge in [-0.1, -0.05) is 48.2 Å². The maximum atomic E-state index is 11.9. The molecule has 1 amide bonds. The lowest BCUT2D eigenvalue weighted by atomic mass is 10.1. The van der Waals surface area contributed by atoms with E-state index in [1.807, 2.05) is 18.2 Å². The molecule has 0 spiro atoms. The fourth-order valence-corrected chi connectivity index (χ4v) is 4.13. The summed E-state index contributed by atoms with van der Waals surface area (Å²) in [6.07, 6.45) is 1.82. The number of nitrogens with one attached hydrogen (secondary N) is 1. The molecule has 4 nitrogen and oxygen atoms in total. The van der Waals surface area contributed by atoms with Crippen LogP contribution in [0.4, 0.5) is 5.69 Å². The van der Waals surface area contributed by atoms with Crippen molar-refractivity contribution in [2.24, 2.45) is 0 Å². The van der Waals surface area contributed by atoms with Crippen LogP contribution in [-0.4, -0.2) is 17.3 Å². The lowest BCUT2D eigenvalue weighted by Gasteiger charge is -2.19. The topological polar surface area (TPSA) is 41.6 Å². The second-order valence-corrected chi connectivity index (χ2v) is 7.62. The van der Waals surface area contributed by atoms with Crippen molar-refractivity contribution in [3.63, 3.8) is 0 Å². The summed E-state index contributed by atoms with van der Waals surface area (Å²) in [5.74, 6) is 0.586. The van der Waals surface area contributed by atoms with Crippen molar-refractivity contribution in [1.29, 1.82) is 0 Å². The summed E-state index contributed by atoms with van der Waals surface area (Å²) in [6.45, 7) is 1.79. The van der Waals surface area contributed by atoms with E-state index in [4.69, 9.17) is 17.0 Å². The molecule has 1 fully saturated rings.